The summed E-state index contributed by atoms with van der Waals surface area (Å²) in [4.78, 5) is 63.7. The zero-order chi connectivity index (χ0) is 28.9. The second kappa shape index (κ2) is 12.2. The van der Waals surface area contributed by atoms with E-state index in [0.29, 0.717) is 19.3 Å². The molecule has 0 aromatic heterocycles. The summed E-state index contributed by atoms with van der Waals surface area (Å²) < 4.78 is 0. The molecular weight excluding hydrogens is 518 g/mol. The first-order chi connectivity index (χ1) is 19.1. The third-order valence-corrected chi connectivity index (χ3v) is 7.30. The lowest BCUT2D eigenvalue weighted by Gasteiger charge is -2.34. The lowest BCUT2D eigenvalue weighted by Crippen LogP contribution is -2.64. The minimum atomic E-state index is -2.70. The number of carbonyl (C=O) groups excluding carboxylic acids is 4. The highest BCUT2D eigenvalue weighted by Crippen LogP contribution is 2.29. The highest BCUT2D eigenvalue weighted by Gasteiger charge is 2.56. The second-order valence-corrected chi connectivity index (χ2v) is 10.1. The number of carboxylic acids is 1. The summed E-state index contributed by atoms with van der Waals surface area (Å²) in [7, 11) is 0. The first-order valence-corrected chi connectivity index (χ1v) is 13.1. The number of rotatable bonds is 11. The molecule has 0 aliphatic carbocycles. The van der Waals surface area contributed by atoms with Crippen LogP contribution < -0.4 is 21.7 Å². The minimum Gasteiger partial charge on any atom is -0.478 e. The van der Waals surface area contributed by atoms with Gasteiger partial charge in [-0.2, -0.15) is 0 Å². The van der Waals surface area contributed by atoms with Gasteiger partial charge in [0, 0.05) is 25.1 Å². The molecule has 2 aromatic rings. The number of nitrogens with two attached hydrogens (primary N) is 1. The van der Waals surface area contributed by atoms with Crippen LogP contribution in [0.4, 0.5) is 5.69 Å². The Labute approximate surface area is 230 Å². The van der Waals surface area contributed by atoms with Crippen LogP contribution in [0, 0.1) is 0 Å². The number of fused-ring (bicyclic) bond motifs is 1. The van der Waals surface area contributed by atoms with Crippen molar-refractivity contribution in [2.24, 2.45) is 5.73 Å². The smallest absolute Gasteiger partial charge is 0.359 e. The molecule has 12 nitrogen and oxygen atoms in total. The molecule has 2 aliphatic rings. The number of aryl methyl sites for hydroxylation is 1. The average molecular weight is 552 g/mol. The van der Waals surface area contributed by atoms with E-state index in [0.717, 1.165) is 21.7 Å². The molecule has 0 saturated carbocycles. The molecule has 40 heavy (non-hydrogen) atoms. The molecule has 12 heteroatoms. The van der Waals surface area contributed by atoms with Crippen LogP contribution in [0.2, 0.25) is 0 Å². The van der Waals surface area contributed by atoms with E-state index in [9.17, 15) is 34.2 Å². The van der Waals surface area contributed by atoms with E-state index in [1.807, 2.05) is 54.6 Å². The number of carboxylic acid groups (broad SMARTS) is 1. The Hall–Kier alpha value is -4.45. The predicted molar refractivity (Wildman–Crippen MR) is 144 cm³/mol. The second-order valence-electron chi connectivity index (χ2n) is 10.1. The highest BCUT2D eigenvalue weighted by atomic mass is 16.4. The van der Waals surface area contributed by atoms with Crippen molar-refractivity contribution in [1.82, 2.24) is 15.5 Å². The van der Waals surface area contributed by atoms with Crippen LogP contribution in [0.3, 0.4) is 0 Å². The summed E-state index contributed by atoms with van der Waals surface area (Å²) in [5, 5.41) is 29.0. The molecule has 0 bridgehead atoms. The fraction of sp³-hybridized carbons (Fsp3) is 0.393. The Morgan fingerprint density at radius 3 is 2.45 bits per heavy atom. The Morgan fingerprint density at radius 1 is 1.07 bits per heavy atom. The van der Waals surface area contributed by atoms with Crippen LogP contribution in [0.25, 0.3) is 0 Å². The number of hydrogen-bond donors (Lipinski definition) is 6. The number of aliphatic hydroxyl groups is 1. The Kier molecular flexibility index (Phi) is 8.68. The van der Waals surface area contributed by atoms with Crippen LogP contribution in [-0.2, 0) is 36.8 Å². The number of carbonyl (C=O) groups is 5. The van der Waals surface area contributed by atoms with E-state index in [4.69, 9.17) is 5.73 Å². The van der Waals surface area contributed by atoms with Crippen molar-refractivity contribution in [3.63, 3.8) is 0 Å². The van der Waals surface area contributed by atoms with Gasteiger partial charge >= 0.3 is 5.97 Å². The number of aliphatic carboxylic acids is 1. The number of primary amides is 1. The van der Waals surface area contributed by atoms with Gasteiger partial charge in [0.05, 0.1) is 12.5 Å². The van der Waals surface area contributed by atoms with E-state index in [1.54, 1.807) is 0 Å². The fourth-order valence-corrected chi connectivity index (χ4v) is 5.20. The molecular formula is C28H33N5O7. The summed E-state index contributed by atoms with van der Waals surface area (Å²) in [5.41, 5.74) is 5.33. The van der Waals surface area contributed by atoms with Crippen molar-refractivity contribution in [2.75, 3.05) is 11.9 Å². The van der Waals surface area contributed by atoms with Crippen LogP contribution in [-0.4, -0.2) is 75.1 Å². The van der Waals surface area contributed by atoms with Crippen LogP contribution in [0.5, 0.6) is 0 Å². The van der Waals surface area contributed by atoms with Crippen LogP contribution >= 0.6 is 0 Å². The molecule has 4 atom stereocenters. The molecule has 2 heterocycles. The van der Waals surface area contributed by atoms with Crippen molar-refractivity contribution in [3.8, 4) is 0 Å². The molecule has 0 radical (unpaired) electrons. The zero-order valence-electron chi connectivity index (χ0n) is 21.8. The van der Waals surface area contributed by atoms with Crippen molar-refractivity contribution in [2.45, 2.75) is 62.4 Å². The Bertz CT molecular complexity index is 1260. The molecule has 4 amide bonds. The fourth-order valence-electron chi connectivity index (χ4n) is 5.20. The standard InChI is InChI=1S/C28H33N5O7/c29-23(34)16-21(31-25(36)20-15-18-10-4-5-11-19(18)30-20)26(37)32-22-13-14-33(28(22,40)27(38)39)24(35)12-6-9-17-7-2-1-3-8-17/h1-5,7-8,10-11,20-22,30,40H,6,9,12-16H2,(H2,29,34)(H,31,36)(H,32,37)(H,38,39)/t20?,21-,22-,28-/m0/s1. The van der Waals surface area contributed by atoms with Gasteiger partial charge in [0.25, 0.3) is 5.72 Å². The predicted octanol–water partition coefficient (Wildman–Crippen LogP) is -0.103. The number of para-hydroxylation sites is 1. The Morgan fingerprint density at radius 2 is 1.77 bits per heavy atom. The van der Waals surface area contributed by atoms with Gasteiger partial charge in [0.2, 0.25) is 23.6 Å². The van der Waals surface area contributed by atoms with Gasteiger partial charge in [-0.25, -0.2) is 4.79 Å². The molecule has 2 aliphatic heterocycles. The molecule has 1 unspecified atom stereocenters. The number of anilines is 1. The maximum atomic E-state index is 13.2. The lowest BCUT2D eigenvalue weighted by atomic mass is 10.0. The third kappa shape index (κ3) is 6.23. The van der Waals surface area contributed by atoms with Gasteiger partial charge < -0.3 is 36.8 Å². The third-order valence-electron chi connectivity index (χ3n) is 7.30. The monoisotopic (exact) mass is 551 g/mol. The van der Waals surface area contributed by atoms with Crippen LogP contribution in [0.1, 0.15) is 36.8 Å². The summed E-state index contributed by atoms with van der Waals surface area (Å²) in [5.74, 6) is -4.57. The van der Waals surface area contributed by atoms with Crippen molar-refractivity contribution >= 4 is 35.3 Å². The summed E-state index contributed by atoms with van der Waals surface area (Å²) >= 11 is 0. The number of nitrogens with one attached hydrogen (secondary N) is 3. The van der Waals surface area contributed by atoms with E-state index < -0.39 is 59.9 Å². The molecule has 2 aromatic carbocycles. The van der Waals surface area contributed by atoms with E-state index in [-0.39, 0.29) is 19.4 Å². The topological polar surface area (TPSA) is 191 Å². The summed E-state index contributed by atoms with van der Waals surface area (Å²) in [6.07, 6.45) is 0.824. The average Bonchev–Trinajstić information content (AvgIpc) is 3.51. The molecule has 1 saturated heterocycles. The number of benzene rings is 2. The maximum absolute atomic E-state index is 13.2. The minimum absolute atomic E-state index is 0.00227. The van der Waals surface area contributed by atoms with Crippen molar-refractivity contribution < 1.29 is 34.2 Å². The maximum Gasteiger partial charge on any atom is 0.359 e. The van der Waals surface area contributed by atoms with Crippen molar-refractivity contribution in [1.29, 1.82) is 0 Å². The van der Waals surface area contributed by atoms with Crippen LogP contribution in [0.15, 0.2) is 54.6 Å². The van der Waals surface area contributed by atoms with Gasteiger partial charge in [-0.15, -0.1) is 0 Å². The molecule has 1 fully saturated rings. The van der Waals surface area contributed by atoms with Gasteiger partial charge in [-0.1, -0.05) is 48.5 Å². The van der Waals surface area contributed by atoms with E-state index in [2.05, 4.69) is 16.0 Å². The molecule has 4 rings (SSSR count). The van der Waals surface area contributed by atoms with Gasteiger partial charge in [0.15, 0.2) is 0 Å². The highest BCUT2D eigenvalue weighted by molar-refractivity contribution is 5.95. The summed E-state index contributed by atoms with van der Waals surface area (Å²) in [6, 6.07) is 13.3. The van der Waals surface area contributed by atoms with Gasteiger partial charge in [-0.05, 0) is 36.5 Å². The molecule has 212 valence electrons. The number of amides is 4. The number of hydrogen-bond acceptors (Lipinski definition) is 7. The van der Waals surface area contributed by atoms with Gasteiger partial charge in [0.1, 0.15) is 12.1 Å². The Balaban J connectivity index is 1.39. The summed E-state index contributed by atoms with van der Waals surface area (Å²) in [6.45, 7) is -0.102. The quantitative estimate of drug-likeness (QED) is 0.223. The lowest BCUT2D eigenvalue weighted by molar-refractivity contribution is -0.186. The largest absolute Gasteiger partial charge is 0.478 e. The molecule has 0 spiro atoms. The van der Waals surface area contributed by atoms with Gasteiger partial charge in [-0.3, -0.25) is 19.2 Å². The zero-order valence-corrected chi connectivity index (χ0v) is 21.8. The number of likely N-dealkylation sites (tertiary alicyclic amines) is 1. The van der Waals surface area contributed by atoms with Crippen molar-refractivity contribution in [3.05, 3.63) is 65.7 Å². The molecule has 7 N–H and O–H groups in total. The first-order valence-electron chi connectivity index (χ1n) is 13.1. The normalized spacial score (nSPS) is 22.1. The van der Waals surface area contributed by atoms with E-state index in [1.165, 1.54) is 0 Å². The number of nitrogens with zero attached hydrogens (tertiary/aromatic N) is 1. The SMILES string of the molecule is NC(=O)C[C@H](NC(=O)C1Cc2ccccc2N1)C(=O)N[C@H]1CCN(C(=O)CCCc2ccccc2)[C@@]1(O)C(=O)O. The van der Waals surface area contributed by atoms with E-state index >= 15 is 0 Å². The first kappa shape index (κ1) is 28.6.